The zero-order valence-electron chi connectivity index (χ0n) is 17.3. The Bertz CT molecular complexity index is 803. The van der Waals surface area contributed by atoms with Gasteiger partial charge in [-0.15, -0.1) is 0 Å². The molecular weight excluding hydrogens is 446 g/mol. The number of benzene rings is 1. The quantitative estimate of drug-likeness (QED) is 0.623. The first-order valence-corrected chi connectivity index (χ1v) is 8.56. The number of hydrogen-bond donors (Lipinski definition) is 1. The van der Waals surface area contributed by atoms with Crippen molar-refractivity contribution in [1.82, 2.24) is 9.78 Å². The van der Waals surface area contributed by atoms with E-state index in [1.54, 1.807) is 31.2 Å². The molecule has 0 aliphatic rings. The minimum atomic E-state index is -4.58. The zero-order valence-corrected chi connectivity index (χ0v) is 20.1. The topological polar surface area (TPSA) is 55.1 Å². The van der Waals surface area contributed by atoms with Gasteiger partial charge in [0.15, 0.2) is 5.75 Å². The molecule has 0 saturated carbocycles. The second-order valence-electron chi connectivity index (χ2n) is 6.16. The summed E-state index contributed by atoms with van der Waals surface area (Å²) in [5.41, 5.74) is 0.0928. The number of halogens is 3. The first-order valence-electron chi connectivity index (χ1n) is 8.56. The Hall–Kier alpha value is -1.21. The van der Waals surface area contributed by atoms with Gasteiger partial charge in [0, 0.05) is 32.7 Å². The van der Waals surface area contributed by atoms with E-state index in [-0.39, 0.29) is 69.5 Å². The van der Waals surface area contributed by atoms with Gasteiger partial charge < -0.3 is 12.5 Å². The van der Waals surface area contributed by atoms with Crippen LogP contribution in [-0.2, 0) is 45.7 Å². The van der Waals surface area contributed by atoms with Crippen LogP contribution in [0.4, 0.5) is 13.2 Å². The normalized spacial score (nSPS) is 10.5. The minimum Gasteiger partial charge on any atom is -0.505 e. The minimum absolute atomic E-state index is 0. The van der Waals surface area contributed by atoms with Crippen molar-refractivity contribution in [3.63, 3.8) is 0 Å². The molecule has 0 aliphatic carbocycles. The Labute approximate surface area is 190 Å². The third-order valence-corrected chi connectivity index (χ3v) is 3.54. The van der Waals surface area contributed by atoms with Gasteiger partial charge in [-0.25, -0.2) is 4.68 Å². The van der Waals surface area contributed by atoms with E-state index in [0.717, 1.165) is 0 Å². The number of rotatable bonds is 4. The Morgan fingerprint density at radius 1 is 1.18 bits per heavy atom. The largest absolute Gasteiger partial charge is 0.505 e. The van der Waals surface area contributed by atoms with E-state index in [2.05, 4.69) is 5.10 Å². The summed E-state index contributed by atoms with van der Waals surface area (Å²) in [5, 5.41) is 14.2. The van der Waals surface area contributed by atoms with Crippen LogP contribution in [0.5, 0.6) is 5.75 Å². The van der Waals surface area contributed by atoms with Crippen LogP contribution in [0.25, 0.3) is 11.1 Å². The molecular formula is C20H28F3N2O2Y-. The Morgan fingerprint density at radius 2 is 1.71 bits per heavy atom. The number of aromatic hydroxyl groups is 1. The molecule has 4 nitrogen and oxygen atoms in total. The van der Waals surface area contributed by atoms with Crippen molar-refractivity contribution in [3.05, 3.63) is 53.3 Å². The number of aromatic nitrogens is 2. The molecule has 8 heteroatoms. The van der Waals surface area contributed by atoms with Gasteiger partial charge in [-0.3, -0.25) is 4.79 Å². The van der Waals surface area contributed by atoms with Gasteiger partial charge in [0.25, 0.3) is 5.56 Å². The summed E-state index contributed by atoms with van der Waals surface area (Å²) < 4.78 is 38.7. The smallest absolute Gasteiger partial charge is 0.408 e. The molecule has 155 valence electrons. The second-order valence-corrected chi connectivity index (χ2v) is 6.16. The molecule has 0 spiro atoms. The molecule has 2 aromatic rings. The van der Waals surface area contributed by atoms with Gasteiger partial charge in [-0.2, -0.15) is 18.3 Å². The van der Waals surface area contributed by atoms with Crippen molar-refractivity contribution in [2.24, 2.45) is 5.92 Å². The van der Waals surface area contributed by atoms with Crippen molar-refractivity contribution >= 4 is 0 Å². The average Bonchev–Trinajstić information content (AvgIpc) is 2.54. The van der Waals surface area contributed by atoms with Crippen molar-refractivity contribution in [2.75, 3.05) is 0 Å². The van der Waals surface area contributed by atoms with Crippen LogP contribution in [-0.4, -0.2) is 21.1 Å². The monoisotopic (exact) mass is 474 g/mol. The van der Waals surface area contributed by atoms with Gasteiger partial charge in [0.1, 0.15) is 12.2 Å². The van der Waals surface area contributed by atoms with E-state index in [0.29, 0.717) is 15.8 Å². The fourth-order valence-corrected chi connectivity index (χ4v) is 2.51. The fraction of sp³-hybridized carbons (Fsp3) is 0.450. The number of hydrogen-bond acceptors (Lipinski definition) is 3. The molecule has 1 aromatic heterocycles. The zero-order chi connectivity index (χ0) is 20.1. The molecule has 1 N–H and O–H groups in total. The summed E-state index contributed by atoms with van der Waals surface area (Å²) in [6, 6.07) is 6.74. The summed E-state index contributed by atoms with van der Waals surface area (Å²) in [6.07, 6.45) is -4.31. The third-order valence-electron chi connectivity index (χ3n) is 3.54. The van der Waals surface area contributed by atoms with Crippen LogP contribution in [0.1, 0.15) is 39.0 Å². The molecule has 2 rings (SSSR count). The maximum absolute atomic E-state index is 12.8. The van der Waals surface area contributed by atoms with Crippen LogP contribution in [0.2, 0.25) is 0 Å². The van der Waals surface area contributed by atoms with Crippen molar-refractivity contribution in [3.8, 4) is 16.9 Å². The molecule has 0 atom stereocenters. The molecule has 1 aromatic carbocycles. The first kappa shape index (κ1) is 29.0. The van der Waals surface area contributed by atoms with Crippen LogP contribution < -0.4 is 5.56 Å². The Balaban J connectivity index is 0. The van der Waals surface area contributed by atoms with Crippen molar-refractivity contribution < 1.29 is 51.0 Å². The van der Waals surface area contributed by atoms with Crippen LogP contribution in [0, 0.1) is 20.3 Å². The fourth-order valence-electron chi connectivity index (χ4n) is 2.51. The summed E-state index contributed by atoms with van der Waals surface area (Å²) in [7, 11) is 0. The van der Waals surface area contributed by atoms with Crippen molar-refractivity contribution in [1.29, 1.82) is 0 Å². The maximum Gasteiger partial charge on any atom is 0.408 e. The van der Waals surface area contributed by atoms with E-state index in [9.17, 15) is 23.1 Å². The maximum atomic E-state index is 12.8. The molecule has 0 fully saturated rings. The van der Waals surface area contributed by atoms with E-state index in [1.807, 2.05) is 27.7 Å². The summed E-state index contributed by atoms with van der Waals surface area (Å²) in [4.78, 5) is 12.5. The number of aryl methyl sites for hydroxylation is 1. The molecule has 1 heterocycles. The first-order chi connectivity index (χ1) is 12.1. The number of nitrogens with zero attached hydrogens (tertiary/aromatic N) is 2. The molecule has 0 unspecified atom stereocenters. The molecule has 28 heavy (non-hydrogen) atoms. The molecule has 0 amide bonds. The van der Waals surface area contributed by atoms with Gasteiger partial charge in [0.2, 0.25) is 0 Å². The molecule has 1 radical (unpaired) electrons. The summed E-state index contributed by atoms with van der Waals surface area (Å²) in [6.45, 7) is 7.95. The van der Waals surface area contributed by atoms with E-state index in [4.69, 9.17) is 0 Å². The molecule has 0 saturated heterocycles. The van der Waals surface area contributed by atoms with Crippen LogP contribution in [0.15, 0.2) is 29.1 Å². The summed E-state index contributed by atoms with van der Waals surface area (Å²) >= 11 is 0. The van der Waals surface area contributed by atoms with Gasteiger partial charge in [-0.05, 0) is 30.4 Å². The third kappa shape index (κ3) is 7.67. The Kier molecular flexibility index (Phi) is 12.8. The van der Waals surface area contributed by atoms with Crippen LogP contribution in [0.3, 0.4) is 0 Å². The van der Waals surface area contributed by atoms with Crippen molar-refractivity contribution in [2.45, 2.75) is 53.8 Å². The van der Waals surface area contributed by atoms with Gasteiger partial charge in [0.05, 0.1) is 5.56 Å². The SMILES string of the molecule is CC.Cc1ccccc1-c1c(O)c(CC(C)C)nn(CC(F)(F)F)c1=O.[CH3-].[Y]. The second kappa shape index (κ2) is 12.4. The standard InChI is InChI=1S/C17H19F3N2O2.C2H6.CH3.Y/c1-10(2)8-13-15(23)14(12-7-5-4-6-11(12)3)16(24)22(21-13)9-17(18,19)20;1-2;;/h4-7,10,23H,8-9H2,1-3H3;1-2H3;1H3;/q;;-1;. The van der Waals surface area contributed by atoms with E-state index in [1.165, 1.54) is 0 Å². The van der Waals surface area contributed by atoms with E-state index < -0.39 is 18.3 Å². The number of alkyl halides is 3. The van der Waals surface area contributed by atoms with Gasteiger partial charge >= 0.3 is 6.18 Å². The molecule has 0 aliphatic heterocycles. The predicted octanol–water partition coefficient (Wildman–Crippen LogP) is 5.16. The molecule has 0 bridgehead atoms. The van der Waals surface area contributed by atoms with Crippen LogP contribution >= 0.6 is 0 Å². The average molecular weight is 474 g/mol. The summed E-state index contributed by atoms with van der Waals surface area (Å²) in [5.74, 6) is -0.286. The Morgan fingerprint density at radius 3 is 2.18 bits per heavy atom. The van der Waals surface area contributed by atoms with Gasteiger partial charge in [-0.1, -0.05) is 52.0 Å². The predicted molar refractivity (Wildman–Crippen MR) is 103 cm³/mol. The van der Waals surface area contributed by atoms with E-state index >= 15 is 0 Å².